The third-order valence-electron chi connectivity index (χ3n) is 6.21. The van der Waals surface area contributed by atoms with E-state index < -0.39 is 5.60 Å². The summed E-state index contributed by atoms with van der Waals surface area (Å²) in [5.41, 5.74) is -0.394. The van der Waals surface area contributed by atoms with Gasteiger partial charge in [0.25, 0.3) is 0 Å². The summed E-state index contributed by atoms with van der Waals surface area (Å²) in [5.74, 6) is 0. The van der Waals surface area contributed by atoms with Crippen LogP contribution in [0, 0.1) is 10.8 Å². The molecule has 0 aromatic rings. The van der Waals surface area contributed by atoms with Crippen LogP contribution >= 0.6 is 0 Å². The van der Waals surface area contributed by atoms with Crippen molar-refractivity contribution in [1.29, 1.82) is 0 Å². The van der Waals surface area contributed by atoms with E-state index in [2.05, 4.69) is 55.0 Å². The number of hydrogen-bond acceptors (Lipinski definition) is 2. The molecule has 0 bridgehead atoms. The summed E-state index contributed by atoms with van der Waals surface area (Å²) in [6.45, 7) is 20.9. The fraction of sp³-hybridized carbons (Fsp3) is 0.882. The maximum atomic E-state index is 11.0. The standard InChI is InChI=1S/C17H32O2/c1-10-17(14(5,6)12(2)3)11-16(9,18)15(7,8)13(4)19-17/h13,18H,2,10-11H2,1,3-9H3. The van der Waals surface area contributed by atoms with E-state index in [0.29, 0.717) is 6.42 Å². The van der Waals surface area contributed by atoms with Crippen molar-refractivity contribution in [2.24, 2.45) is 10.8 Å². The predicted molar refractivity (Wildman–Crippen MR) is 81.2 cm³/mol. The van der Waals surface area contributed by atoms with Gasteiger partial charge in [0.1, 0.15) is 0 Å². The lowest BCUT2D eigenvalue weighted by molar-refractivity contribution is -0.279. The van der Waals surface area contributed by atoms with E-state index >= 15 is 0 Å². The molecule has 1 saturated heterocycles. The lowest BCUT2D eigenvalue weighted by atomic mass is 9.57. The Morgan fingerprint density at radius 1 is 1.37 bits per heavy atom. The number of rotatable bonds is 3. The normalized spacial score (nSPS) is 39.1. The van der Waals surface area contributed by atoms with Crippen LogP contribution in [0.4, 0.5) is 0 Å². The fourth-order valence-electron chi connectivity index (χ4n) is 3.16. The molecule has 0 aromatic heterocycles. The number of ether oxygens (including phenoxy) is 1. The maximum absolute atomic E-state index is 11.0. The average Bonchev–Trinajstić information content (AvgIpc) is 2.25. The summed E-state index contributed by atoms with van der Waals surface area (Å²) >= 11 is 0. The molecule has 0 aliphatic carbocycles. The van der Waals surface area contributed by atoms with Crippen LogP contribution in [0.3, 0.4) is 0 Å². The molecule has 0 saturated carbocycles. The Kier molecular flexibility index (Phi) is 4.04. The second-order valence-electron chi connectivity index (χ2n) is 7.69. The van der Waals surface area contributed by atoms with Crippen LogP contribution in [0.2, 0.25) is 0 Å². The molecule has 1 heterocycles. The summed E-state index contributed by atoms with van der Waals surface area (Å²) in [5, 5.41) is 11.0. The quantitative estimate of drug-likeness (QED) is 0.772. The molecule has 1 N–H and O–H groups in total. The molecular weight excluding hydrogens is 236 g/mol. The van der Waals surface area contributed by atoms with Crippen LogP contribution in [0.15, 0.2) is 12.2 Å². The first-order chi connectivity index (χ1) is 8.34. The van der Waals surface area contributed by atoms with Gasteiger partial charge in [-0.15, -0.1) is 0 Å². The molecule has 0 aromatic carbocycles. The Labute approximate surface area is 119 Å². The van der Waals surface area contributed by atoms with Crippen molar-refractivity contribution in [3.63, 3.8) is 0 Å². The van der Waals surface area contributed by atoms with Crippen LogP contribution in [0.1, 0.15) is 68.2 Å². The molecular formula is C17H32O2. The van der Waals surface area contributed by atoms with Crippen LogP contribution < -0.4 is 0 Å². The first-order valence-electron chi connectivity index (χ1n) is 7.40. The van der Waals surface area contributed by atoms with Crippen LogP contribution in [-0.2, 0) is 4.74 Å². The van der Waals surface area contributed by atoms with Crippen LogP contribution in [0.25, 0.3) is 0 Å². The van der Waals surface area contributed by atoms with E-state index in [1.165, 1.54) is 0 Å². The summed E-state index contributed by atoms with van der Waals surface area (Å²) in [6, 6.07) is 0. The van der Waals surface area contributed by atoms with Gasteiger partial charge in [-0.3, -0.25) is 0 Å². The summed E-state index contributed by atoms with van der Waals surface area (Å²) in [4.78, 5) is 0. The zero-order chi connectivity index (χ0) is 15.3. The predicted octanol–water partition coefficient (Wildman–Crippen LogP) is 4.32. The van der Waals surface area contributed by atoms with Crippen molar-refractivity contribution in [1.82, 2.24) is 0 Å². The Hall–Kier alpha value is -0.340. The number of aliphatic hydroxyl groups is 1. The van der Waals surface area contributed by atoms with Gasteiger partial charge in [-0.05, 0) is 27.2 Å². The highest BCUT2D eigenvalue weighted by atomic mass is 16.5. The molecule has 1 aliphatic rings. The molecule has 1 fully saturated rings. The molecule has 2 nitrogen and oxygen atoms in total. The van der Waals surface area contributed by atoms with E-state index in [-0.39, 0.29) is 22.5 Å². The second kappa shape index (κ2) is 4.60. The Bertz CT molecular complexity index is 365. The van der Waals surface area contributed by atoms with Crippen molar-refractivity contribution in [2.75, 3.05) is 0 Å². The van der Waals surface area contributed by atoms with Crippen LogP contribution in [0.5, 0.6) is 0 Å². The molecule has 1 aliphatic heterocycles. The van der Waals surface area contributed by atoms with E-state index in [4.69, 9.17) is 4.74 Å². The van der Waals surface area contributed by atoms with Gasteiger partial charge in [0.05, 0.1) is 17.3 Å². The van der Waals surface area contributed by atoms with Gasteiger partial charge in [0.2, 0.25) is 0 Å². The zero-order valence-corrected chi connectivity index (χ0v) is 14.1. The minimum atomic E-state index is -0.743. The van der Waals surface area contributed by atoms with Crippen LogP contribution in [-0.4, -0.2) is 22.4 Å². The summed E-state index contributed by atoms with van der Waals surface area (Å²) in [6.07, 6.45) is 1.53. The fourth-order valence-corrected chi connectivity index (χ4v) is 3.16. The molecule has 0 radical (unpaired) electrons. The van der Waals surface area contributed by atoms with Crippen molar-refractivity contribution < 1.29 is 9.84 Å². The Morgan fingerprint density at radius 2 is 1.84 bits per heavy atom. The highest BCUT2D eigenvalue weighted by molar-refractivity contribution is 5.18. The highest BCUT2D eigenvalue weighted by Gasteiger charge is 2.59. The van der Waals surface area contributed by atoms with Gasteiger partial charge in [0.15, 0.2) is 0 Å². The summed E-state index contributed by atoms with van der Waals surface area (Å²) in [7, 11) is 0. The highest BCUT2D eigenvalue weighted by Crippen LogP contribution is 2.56. The minimum Gasteiger partial charge on any atom is -0.389 e. The summed E-state index contributed by atoms with van der Waals surface area (Å²) < 4.78 is 6.48. The van der Waals surface area contributed by atoms with Crippen molar-refractivity contribution >= 4 is 0 Å². The molecule has 0 amide bonds. The topological polar surface area (TPSA) is 29.5 Å². The molecule has 3 unspecified atom stereocenters. The van der Waals surface area contributed by atoms with Crippen molar-refractivity contribution in [2.45, 2.75) is 85.5 Å². The van der Waals surface area contributed by atoms with Gasteiger partial charge in [-0.2, -0.15) is 0 Å². The zero-order valence-electron chi connectivity index (χ0n) is 14.1. The van der Waals surface area contributed by atoms with E-state index in [0.717, 1.165) is 12.0 Å². The number of hydrogen-bond donors (Lipinski definition) is 1. The smallest absolute Gasteiger partial charge is 0.0798 e. The Balaban J connectivity index is 3.31. The minimum absolute atomic E-state index is 0.00910. The maximum Gasteiger partial charge on any atom is 0.0798 e. The average molecular weight is 268 g/mol. The first kappa shape index (κ1) is 16.7. The van der Waals surface area contributed by atoms with Gasteiger partial charge < -0.3 is 9.84 Å². The third kappa shape index (κ3) is 2.27. The van der Waals surface area contributed by atoms with Gasteiger partial charge >= 0.3 is 0 Å². The van der Waals surface area contributed by atoms with E-state index in [9.17, 15) is 5.11 Å². The monoisotopic (exact) mass is 268 g/mol. The lowest BCUT2D eigenvalue weighted by Crippen LogP contribution is -2.65. The van der Waals surface area contributed by atoms with Gasteiger partial charge in [-0.25, -0.2) is 0 Å². The molecule has 112 valence electrons. The third-order valence-corrected chi connectivity index (χ3v) is 6.21. The van der Waals surface area contributed by atoms with Crippen molar-refractivity contribution in [3.05, 3.63) is 12.2 Å². The van der Waals surface area contributed by atoms with E-state index in [1.54, 1.807) is 0 Å². The molecule has 3 atom stereocenters. The largest absolute Gasteiger partial charge is 0.389 e. The first-order valence-corrected chi connectivity index (χ1v) is 7.40. The second-order valence-corrected chi connectivity index (χ2v) is 7.69. The molecule has 0 spiro atoms. The SMILES string of the molecule is C=C(C)C(C)(C)C1(CC)CC(C)(O)C(C)(C)C(C)O1. The van der Waals surface area contributed by atoms with E-state index in [1.807, 2.05) is 6.92 Å². The van der Waals surface area contributed by atoms with Gasteiger partial charge in [-0.1, -0.05) is 46.8 Å². The molecule has 19 heavy (non-hydrogen) atoms. The Morgan fingerprint density at radius 3 is 2.16 bits per heavy atom. The molecule has 2 heteroatoms. The lowest BCUT2D eigenvalue weighted by Gasteiger charge is -2.60. The van der Waals surface area contributed by atoms with Gasteiger partial charge in [0, 0.05) is 17.3 Å². The molecule has 1 rings (SSSR count). The van der Waals surface area contributed by atoms with Crippen molar-refractivity contribution in [3.8, 4) is 0 Å².